The highest BCUT2D eigenvalue weighted by Crippen LogP contribution is 2.17. The number of carbonyl (C=O) groups excluding carboxylic acids is 2. The number of rotatable bonds is 13. The number of esters is 1. The lowest BCUT2D eigenvalue weighted by Crippen LogP contribution is -2.34. The van der Waals surface area contributed by atoms with Crippen LogP contribution in [0.5, 0.6) is 5.75 Å². The third kappa shape index (κ3) is 10.9. The third-order valence-electron chi connectivity index (χ3n) is 4.61. The van der Waals surface area contributed by atoms with Crippen LogP contribution in [0.25, 0.3) is 0 Å². The molecule has 0 aliphatic heterocycles. The monoisotopic (exact) mass is 456 g/mol. The Morgan fingerprint density at radius 1 is 0.938 bits per heavy atom. The molecule has 0 saturated carbocycles. The third-order valence-corrected chi connectivity index (χ3v) is 4.82. The first kappa shape index (κ1) is 25.3. The zero-order valence-corrected chi connectivity index (χ0v) is 19.4. The number of anilines is 1. The SMILES string of the molecule is CCCCOc1cccc(NC(=S)NC(=O)CCCC(=O)OCCCc2ccccc2)c1. The van der Waals surface area contributed by atoms with Crippen molar-refractivity contribution in [3.63, 3.8) is 0 Å². The molecule has 0 radical (unpaired) electrons. The summed E-state index contributed by atoms with van der Waals surface area (Å²) < 4.78 is 10.9. The first-order chi connectivity index (χ1) is 15.6. The second-order valence-electron chi connectivity index (χ2n) is 7.40. The molecule has 2 rings (SSSR count). The van der Waals surface area contributed by atoms with E-state index in [4.69, 9.17) is 21.7 Å². The van der Waals surface area contributed by atoms with E-state index in [-0.39, 0.29) is 29.8 Å². The topological polar surface area (TPSA) is 76.7 Å². The maximum Gasteiger partial charge on any atom is 0.305 e. The minimum absolute atomic E-state index is 0.196. The lowest BCUT2D eigenvalue weighted by atomic mass is 10.1. The Hall–Kier alpha value is -2.93. The summed E-state index contributed by atoms with van der Waals surface area (Å²) in [6.45, 7) is 3.16. The first-order valence-corrected chi connectivity index (χ1v) is 11.5. The van der Waals surface area contributed by atoms with Gasteiger partial charge >= 0.3 is 5.97 Å². The molecule has 0 atom stereocenters. The molecule has 0 aliphatic rings. The average Bonchev–Trinajstić information content (AvgIpc) is 2.78. The van der Waals surface area contributed by atoms with Crippen LogP contribution < -0.4 is 15.4 Å². The molecule has 0 aliphatic carbocycles. The summed E-state index contributed by atoms with van der Waals surface area (Å²) in [4.78, 5) is 23.9. The maximum absolute atomic E-state index is 12.1. The van der Waals surface area contributed by atoms with Crippen molar-refractivity contribution < 1.29 is 19.1 Å². The zero-order chi connectivity index (χ0) is 23.0. The van der Waals surface area contributed by atoms with Gasteiger partial charge in [0.2, 0.25) is 5.91 Å². The number of thiocarbonyl (C=S) groups is 1. The lowest BCUT2D eigenvalue weighted by Gasteiger charge is -2.11. The summed E-state index contributed by atoms with van der Waals surface area (Å²) >= 11 is 5.20. The quantitative estimate of drug-likeness (QED) is 0.250. The fraction of sp³-hybridized carbons (Fsp3) is 0.400. The van der Waals surface area contributed by atoms with E-state index in [1.165, 1.54) is 5.56 Å². The van der Waals surface area contributed by atoms with Gasteiger partial charge in [-0.1, -0.05) is 49.7 Å². The van der Waals surface area contributed by atoms with Gasteiger partial charge in [0.05, 0.1) is 13.2 Å². The normalized spacial score (nSPS) is 10.3. The minimum atomic E-state index is -0.286. The van der Waals surface area contributed by atoms with E-state index in [2.05, 4.69) is 29.7 Å². The maximum atomic E-state index is 12.1. The molecule has 2 N–H and O–H groups in total. The lowest BCUT2D eigenvalue weighted by molar-refractivity contribution is -0.143. The molecule has 0 fully saturated rings. The summed E-state index contributed by atoms with van der Waals surface area (Å²) in [5.41, 5.74) is 1.96. The van der Waals surface area contributed by atoms with E-state index in [0.717, 1.165) is 37.1 Å². The van der Waals surface area contributed by atoms with E-state index >= 15 is 0 Å². The van der Waals surface area contributed by atoms with Crippen LogP contribution >= 0.6 is 12.2 Å². The van der Waals surface area contributed by atoms with Crippen LogP contribution in [0.15, 0.2) is 54.6 Å². The summed E-state index contributed by atoms with van der Waals surface area (Å²) in [5, 5.41) is 5.82. The molecule has 1 amide bonds. The summed E-state index contributed by atoms with van der Waals surface area (Å²) in [7, 11) is 0. The Morgan fingerprint density at radius 2 is 1.75 bits per heavy atom. The standard InChI is InChI=1S/C25H32N2O4S/c1-2-3-17-30-22-14-7-13-21(19-22)26-25(32)27-23(28)15-8-16-24(29)31-18-9-12-20-10-5-4-6-11-20/h4-7,10-11,13-14,19H,2-3,8-9,12,15-18H2,1H3,(H2,26,27,28,32). The predicted octanol–water partition coefficient (Wildman–Crippen LogP) is 5.02. The summed E-state index contributed by atoms with van der Waals surface area (Å²) in [6, 6.07) is 17.5. The van der Waals surface area contributed by atoms with Crippen LogP contribution in [0.2, 0.25) is 0 Å². The van der Waals surface area contributed by atoms with Gasteiger partial charge in [0.15, 0.2) is 5.11 Å². The predicted molar refractivity (Wildman–Crippen MR) is 131 cm³/mol. The van der Waals surface area contributed by atoms with Crippen molar-refractivity contribution in [2.24, 2.45) is 0 Å². The second kappa shape index (κ2) is 15.0. The van der Waals surface area contributed by atoms with E-state index in [0.29, 0.717) is 19.6 Å². The minimum Gasteiger partial charge on any atom is -0.494 e. The van der Waals surface area contributed by atoms with Gasteiger partial charge in [-0.15, -0.1) is 0 Å². The van der Waals surface area contributed by atoms with Gasteiger partial charge in [-0.3, -0.25) is 9.59 Å². The molecular formula is C25H32N2O4S. The molecular weight excluding hydrogens is 424 g/mol. The molecule has 172 valence electrons. The van der Waals surface area contributed by atoms with E-state index in [9.17, 15) is 9.59 Å². The van der Waals surface area contributed by atoms with Gasteiger partial charge in [-0.05, 0) is 55.6 Å². The number of ether oxygens (including phenoxy) is 2. The van der Waals surface area contributed by atoms with Crippen molar-refractivity contribution in [1.82, 2.24) is 5.32 Å². The molecule has 0 bridgehead atoms. The van der Waals surface area contributed by atoms with Gasteiger partial charge in [0.25, 0.3) is 0 Å². The molecule has 7 heteroatoms. The Kier molecular flexibility index (Phi) is 11.8. The highest BCUT2D eigenvalue weighted by molar-refractivity contribution is 7.80. The molecule has 0 spiro atoms. The highest BCUT2D eigenvalue weighted by Gasteiger charge is 2.08. The second-order valence-corrected chi connectivity index (χ2v) is 7.80. The van der Waals surface area contributed by atoms with Crippen molar-refractivity contribution in [2.75, 3.05) is 18.5 Å². The average molecular weight is 457 g/mol. The number of hydrogen-bond acceptors (Lipinski definition) is 5. The van der Waals surface area contributed by atoms with E-state index in [1.54, 1.807) is 0 Å². The molecule has 0 aromatic heterocycles. The fourth-order valence-corrected chi connectivity index (χ4v) is 3.15. The van der Waals surface area contributed by atoms with Crippen LogP contribution in [0.1, 0.15) is 51.0 Å². The van der Waals surface area contributed by atoms with Gasteiger partial charge in [-0.25, -0.2) is 0 Å². The molecule has 2 aromatic carbocycles. The van der Waals surface area contributed by atoms with E-state index < -0.39 is 0 Å². The van der Waals surface area contributed by atoms with Gasteiger partial charge < -0.3 is 20.1 Å². The van der Waals surface area contributed by atoms with Crippen LogP contribution in [0, 0.1) is 0 Å². The fourth-order valence-electron chi connectivity index (χ4n) is 2.92. The molecule has 0 heterocycles. The van der Waals surface area contributed by atoms with Crippen LogP contribution in [-0.4, -0.2) is 30.2 Å². The Bertz CT molecular complexity index is 858. The van der Waals surface area contributed by atoms with Crippen molar-refractivity contribution >= 4 is 34.9 Å². The largest absolute Gasteiger partial charge is 0.494 e. The zero-order valence-electron chi connectivity index (χ0n) is 18.6. The van der Waals surface area contributed by atoms with Crippen LogP contribution in [0.3, 0.4) is 0 Å². The van der Waals surface area contributed by atoms with Crippen molar-refractivity contribution in [2.45, 2.75) is 51.9 Å². The Balaban J connectivity index is 1.57. The number of carbonyl (C=O) groups is 2. The van der Waals surface area contributed by atoms with Gasteiger partial charge in [-0.2, -0.15) is 0 Å². The van der Waals surface area contributed by atoms with Crippen LogP contribution in [0.4, 0.5) is 5.69 Å². The molecule has 32 heavy (non-hydrogen) atoms. The van der Waals surface area contributed by atoms with Crippen LogP contribution in [-0.2, 0) is 20.7 Å². The van der Waals surface area contributed by atoms with Gasteiger partial charge in [0, 0.05) is 24.6 Å². The summed E-state index contributed by atoms with van der Waals surface area (Å²) in [5.74, 6) is 0.223. The molecule has 0 saturated heterocycles. The first-order valence-electron chi connectivity index (χ1n) is 11.1. The Labute approximate surface area is 195 Å². The number of nitrogens with one attached hydrogen (secondary N) is 2. The van der Waals surface area contributed by atoms with Crippen molar-refractivity contribution in [3.05, 3.63) is 60.2 Å². The van der Waals surface area contributed by atoms with E-state index in [1.807, 2.05) is 42.5 Å². The molecule has 0 unspecified atom stereocenters. The van der Waals surface area contributed by atoms with Crippen molar-refractivity contribution in [1.29, 1.82) is 0 Å². The number of hydrogen-bond donors (Lipinski definition) is 2. The van der Waals surface area contributed by atoms with Crippen molar-refractivity contribution in [3.8, 4) is 5.75 Å². The number of amides is 1. The number of benzene rings is 2. The smallest absolute Gasteiger partial charge is 0.305 e. The summed E-state index contributed by atoms with van der Waals surface area (Å²) in [6.07, 6.45) is 4.52. The Morgan fingerprint density at radius 3 is 2.53 bits per heavy atom. The van der Waals surface area contributed by atoms with Gasteiger partial charge in [0.1, 0.15) is 5.75 Å². The molecule has 6 nitrogen and oxygen atoms in total. The molecule has 2 aromatic rings. The number of aryl methyl sites for hydroxylation is 1. The highest BCUT2D eigenvalue weighted by atomic mass is 32.1. The number of unbranched alkanes of at least 4 members (excludes halogenated alkanes) is 1.